The second kappa shape index (κ2) is 6.93. The van der Waals surface area contributed by atoms with Crippen molar-refractivity contribution in [3.63, 3.8) is 0 Å². The van der Waals surface area contributed by atoms with Gasteiger partial charge in [0.25, 0.3) is 5.91 Å². The van der Waals surface area contributed by atoms with E-state index >= 15 is 0 Å². The van der Waals surface area contributed by atoms with Gasteiger partial charge < -0.3 is 15.4 Å². The Kier molecular flexibility index (Phi) is 5.22. The molecule has 1 aromatic carbocycles. The van der Waals surface area contributed by atoms with Crippen LogP contribution in [0, 0.1) is 6.92 Å². The number of ether oxygens (including phenoxy) is 1. The third-order valence-electron chi connectivity index (χ3n) is 3.27. The van der Waals surface area contributed by atoms with Gasteiger partial charge in [0, 0.05) is 29.7 Å². The standard InChI is InChI=1S/C15H16N2O2S.ClH/c1-10-8-20-9-13(10)15(18)17-12-2-3-14-11(6-12)7-16-4-5-19-14;/h2-3,6,8-9,16H,4-5,7H2,1H3,(H,17,18);1H. The summed E-state index contributed by atoms with van der Waals surface area (Å²) in [4.78, 5) is 12.2. The van der Waals surface area contributed by atoms with Crippen LogP contribution in [0.2, 0.25) is 0 Å². The van der Waals surface area contributed by atoms with Gasteiger partial charge in [-0.1, -0.05) is 0 Å². The normalized spacial score (nSPS) is 13.4. The van der Waals surface area contributed by atoms with Crippen molar-refractivity contribution in [2.75, 3.05) is 18.5 Å². The zero-order chi connectivity index (χ0) is 13.9. The zero-order valence-electron chi connectivity index (χ0n) is 11.6. The van der Waals surface area contributed by atoms with Crippen LogP contribution in [0.15, 0.2) is 29.0 Å². The van der Waals surface area contributed by atoms with Gasteiger partial charge in [-0.15, -0.1) is 12.4 Å². The zero-order valence-corrected chi connectivity index (χ0v) is 13.3. The second-order valence-corrected chi connectivity index (χ2v) is 5.51. The Morgan fingerprint density at radius 3 is 3.00 bits per heavy atom. The number of amides is 1. The summed E-state index contributed by atoms with van der Waals surface area (Å²) in [5, 5.41) is 10.1. The average Bonchev–Trinajstić information content (AvgIpc) is 2.73. The molecule has 0 aliphatic carbocycles. The van der Waals surface area contributed by atoms with E-state index in [9.17, 15) is 4.79 Å². The summed E-state index contributed by atoms with van der Waals surface area (Å²) in [6, 6.07) is 5.76. The lowest BCUT2D eigenvalue weighted by Gasteiger charge is -2.10. The first kappa shape index (κ1) is 15.8. The first-order valence-corrected chi connectivity index (χ1v) is 7.49. The number of carbonyl (C=O) groups excluding carboxylic acids is 1. The third kappa shape index (κ3) is 3.56. The first-order valence-electron chi connectivity index (χ1n) is 6.54. The number of fused-ring (bicyclic) bond motifs is 1. The van der Waals surface area contributed by atoms with E-state index < -0.39 is 0 Å². The highest BCUT2D eigenvalue weighted by Gasteiger charge is 2.13. The summed E-state index contributed by atoms with van der Waals surface area (Å²) in [5.74, 6) is 0.825. The van der Waals surface area contributed by atoms with Gasteiger partial charge in [0.2, 0.25) is 0 Å². The van der Waals surface area contributed by atoms with Crippen molar-refractivity contribution in [1.82, 2.24) is 5.32 Å². The first-order chi connectivity index (χ1) is 9.74. The van der Waals surface area contributed by atoms with Gasteiger partial charge in [-0.05, 0) is 36.1 Å². The molecule has 2 N–H and O–H groups in total. The maximum Gasteiger partial charge on any atom is 0.256 e. The minimum atomic E-state index is -0.0637. The fourth-order valence-corrected chi connectivity index (χ4v) is 3.01. The molecule has 1 amide bonds. The molecule has 0 saturated heterocycles. The van der Waals surface area contributed by atoms with Gasteiger partial charge in [-0.3, -0.25) is 4.79 Å². The van der Waals surface area contributed by atoms with E-state index in [0.29, 0.717) is 6.61 Å². The number of carbonyl (C=O) groups is 1. The number of hydrogen-bond donors (Lipinski definition) is 2. The molecule has 0 unspecified atom stereocenters. The molecule has 2 heterocycles. The number of aryl methyl sites for hydroxylation is 1. The smallest absolute Gasteiger partial charge is 0.256 e. The van der Waals surface area contributed by atoms with Crippen molar-refractivity contribution >= 4 is 35.3 Å². The van der Waals surface area contributed by atoms with E-state index in [1.165, 1.54) is 11.3 Å². The van der Waals surface area contributed by atoms with Crippen LogP contribution in [-0.4, -0.2) is 19.1 Å². The molecule has 1 aliphatic heterocycles. The molecule has 1 aliphatic rings. The molecule has 21 heavy (non-hydrogen) atoms. The second-order valence-electron chi connectivity index (χ2n) is 4.77. The topological polar surface area (TPSA) is 50.4 Å². The SMILES string of the molecule is Cc1cscc1C(=O)Nc1ccc2c(c1)CNCCO2.Cl. The van der Waals surface area contributed by atoms with Crippen molar-refractivity contribution in [3.8, 4) is 5.75 Å². The fraction of sp³-hybridized carbons (Fsp3) is 0.267. The molecule has 0 atom stereocenters. The molecular formula is C15H17ClN2O2S. The molecule has 2 aromatic rings. The van der Waals surface area contributed by atoms with Gasteiger partial charge in [0.15, 0.2) is 0 Å². The molecule has 0 bridgehead atoms. The van der Waals surface area contributed by atoms with Crippen molar-refractivity contribution < 1.29 is 9.53 Å². The van der Waals surface area contributed by atoms with Gasteiger partial charge in [-0.25, -0.2) is 0 Å². The highest BCUT2D eigenvalue weighted by Crippen LogP contribution is 2.25. The average molecular weight is 325 g/mol. The van der Waals surface area contributed by atoms with Crippen molar-refractivity contribution in [2.24, 2.45) is 0 Å². The molecule has 6 heteroatoms. The van der Waals surface area contributed by atoms with E-state index in [0.717, 1.165) is 41.2 Å². The van der Waals surface area contributed by atoms with Gasteiger partial charge >= 0.3 is 0 Å². The Labute approximate surface area is 133 Å². The Morgan fingerprint density at radius 1 is 1.38 bits per heavy atom. The number of halogens is 1. The lowest BCUT2D eigenvalue weighted by molar-refractivity contribution is 0.102. The van der Waals surface area contributed by atoms with Crippen LogP contribution >= 0.6 is 23.7 Å². The lowest BCUT2D eigenvalue weighted by Crippen LogP contribution is -2.16. The Balaban J connectivity index is 0.00000161. The lowest BCUT2D eigenvalue weighted by atomic mass is 10.1. The number of benzene rings is 1. The van der Waals surface area contributed by atoms with E-state index in [1.54, 1.807) is 0 Å². The number of thiophene rings is 1. The predicted octanol–water partition coefficient (Wildman–Crippen LogP) is 3.21. The quantitative estimate of drug-likeness (QED) is 0.892. The van der Waals surface area contributed by atoms with Gasteiger partial charge in [0.05, 0.1) is 5.56 Å². The molecule has 1 aromatic heterocycles. The van der Waals surface area contributed by atoms with E-state index in [4.69, 9.17) is 4.74 Å². The molecule has 0 radical (unpaired) electrons. The Bertz CT molecular complexity index is 642. The van der Waals surface area contributed by atoms with Crippen LogP contribution in [0.3, 0.4) is 0 Å². The Morgan fingerprint density at radius 2 is 2.24 bits per heavy atom. The molecular weight excluding hydrogens is 308 g/mol. The highest BCUT2D eigenvalue weighted by molar-refractivity contribution is 7.08. The van der Waals surface area contributed by atoms with E-state index in [1.807, 2.05) is 35.9 Å². The number of hydrogen-bond acceptors (Lipinski definition) is 4. The minimum Gasteiger partial charge on any atom is -0.492 e. The Hall–Kier alpha value is -1.56. The van der Waals surface area contributed by atoms with Gasteiger partial charge in [0.1, 0.15) is 12.4 Å². The number of anilines is 1. The number of rotatable bonds is 2. The third-order valence-corrected chi connectivity index (χ3v) is 4.13. The van der Waals surface area contributed by atoms with Crippen molar-refractivity contribution in [3.05, 3.63) is 45.6 Å². The molecule has 112 valence electrons. The van der Waals surface area contributed by atoms with Crippen molar-refractivity contribution in [1.29, 1.82) is 0 Å². The van der Waals surface area contributed by atoms with Crippen LogP contribution < -0.4 is 15.4 Å². The van der Waals surface area contributed by atoms with Crippen LogP contribution in [0.5, 0.6) is 5.75 Å². The van der Waals surface area contributed by atoms with Crippen molar-refractivity contribution in [2.45, 2.75) is 13.5 Å². The molecule has 3 rings (SSSR count). The maximum absolute atomic E-state index is 12.2. The van der Waals surface area contributed by atoms with Crippen LogP contribution in [0.4, 0.5) is 5.69 Å². The summed E-state index contributed by atoms with van der Waals surface area (Å²) in [7, 11) is 0. The molecule has 4 nitrogen and oxygen atoms in total. The summed E-state index contributed by atoms with van der Waals surface area (Å²) >= 11 is 1.54. The van der Waals surface area contributed by atoms with Crippen LogP contribution in [-0.2, 0) is 6.54 Å². The molecule has 0 fully saturated rings. The molecule has 0 spiro atoms. The van der Waals surface area contributed by atoms with E-state index in [-0.39, 0.29) is 18.3 Å². The summed E-state index contributed by atoms with van der Waals surface area (Å²) in [5.41, 5.74) is 3.61. The van der Waals surface area contributed by atoms with Crippen LogP contribution in [0.1, 0.15) is 21.5 Å². The minimum absolute atomic E-state index is 0. The maximum atomic E-state index is 12.2. The fourth-order valence-electron chi connectivity index (χ4n) is 2.18. The summed E-state index contributed by atoms with van der Waals surface area (Å²) in [6.45, 7) is 4.22. The monoisotopic (exact) mass is 324 g/mol. The number of nitrogens with one attached hydrogen (secondary N) is 2. The largest absolute Gasteiger partial charge is 0.492 e. The highest BCUT2D eigenvalue weighted by atomic mass is 35.5. The van der Waals surface area contributed by atoms with Gasteiger partial charge in [-0.2, -0.15) is 11.3 Å². The predicted molar refractivity (Wildman–Crippen MR) is 87.9 cm³/mol. The molecule has 0 saturated carbocycles. The van der Waals surface area contributed by atoms with E-state index in [2.05, 4.69) is 10.6 Å². The van der Waals surface area contributed by atoms with Crippen LogP contribution in [0.25, 0.3) is 0 Å². The summed E-state index contributed by atoms with van der Waals surface area (Å²) < 4.78 is 5.63. The summed E-state index contributed by atoms with van der Waals surface area (Å²) in [6.07, 6.45) is 0.